The Labute approximate surface area is 118 Å². The quantitative estimate of drug-likeness (QED) is 0.700. The van der Waals surface area contributed by atoms with Crippen LogP contribution >= 0.6 is 31.9 Å². The summed E-state index contributed by atoms with van der Waals surface area (Å²) in [4.78, 5) is 12.4. The highest BCUT2D eigenvalue weighted by Crippen LogP contribution is 2.29. The lowest BCUT2D eigenvalue weighted by molar-refractivity contribution is 0.0925. The lowest BCUT2D eigenvalue weighted by atomic mass is 9.84. The summed E-state index contributed by atoms with van der Waals surface area (Å²) in [5.74, 6) is 0.326. The van der Waals surface area contributed by atoms with Crippen molar-refractivity contribution in [2.24, 2.45) is 11.8 Å². The molecule has 0 aromatic heterocycles. The van der Waals surface area contributed by atoms with Gasteiger partial charge in [-0.05, 0) is 18.1 Å². The van der Waals surface area contributed by atoms with E-state index in [1.807, 2.05) is 36.4 Å². The Kier molecular flexibility index (Phi) is 4.00. The zero-order valence-corrected chi connectivity index (χ0v) is 12.5. The molecule has 1 aromatic rings. The van der Waals surface area contributed by atoms with E-state index >= 15 is 0 Å². The predicted molar refractivity (Wildman–Crippen MR) is 77.3 cm³/mol. The van der Waals surface area contributed by atoms with Crippen molar-refractivity contribution in [3.8, 4) is 0 Å². The number of hydrogen-bond acceptors (Lipinski definition) is 1. The van der Waals surface area contributed by atoms with Gasteiger partial charge in [0, 0.05) is 20.4 Å². The van der Waals surface area contributed by atoms with E-state index in [0.29, 0.717) is 0 Å². The molecule has 0 saturated heterocycles. The van der Waals surface area contributed by atoms with Gasteiger partial charge in [0.05, 0.1) is 0 Å². The fourth-order valence-electron chi connectivity index (χ4n) is 1.89. The number of hydrogen-bond donors (Lipinski definition) is 0. The van der Waals surface area contributed by atoms with E-state index in [0.717, 1.165) is 14.5 Å². The molecule has 1 aliphatic carbocycles. The molecule has 2 rings (SSSR count). The molecule has 0 heterocycles. The van der Waals surface area contributed by atoms with E-state index in [9.17, 15) is 4.79 Å². The van der Waals surface area contributed by atoms with Crippen molar-refractivity contribution in [1.29, 1.82) is 0 Å². The lowest BCUT2D eigenvalue weighted by Crippen LogP contribution is -2.21. The molecule has 0 N–H and O–H groups in total. The van der Waals surface area contributed by atoms with Gasteiger partial charge in [-0.1, -0.05) is 69.1 Å². The average Bonchev–Trinajstić information content (AvgIpc) is 2.31. The summed E-state index contributed by atoms with van der Waals surface area (Å²) in [6, 6.07) is 7.54. The molecule has 1 aliphatic rings. The normalized spacial score (nSPS) is 23.4. The van der Waals surface area contributed by atoms with Gasteiger partial charge in [-0.2, -0.15) is 0 Å². The summed E-state index contributed by atoms with van der Waals surface area (Å²) in [6.45, 7) is 2.06. The van der Waals surface area contributed by atoms with Gasteiger partial charge in [0.25, 0.3) is 0 Å². The van der Waals surface area contributed by atoms with Crippen LogP contribution in [0.1, 0.15) is 17.3 Å². The van der Waals surface area contributed by atoms with E-state index in [1.54, 1.807) is 0 Å². The SMILES string of the molecule is CC1C=CC(Br)=CC1C(=O)c1cccc(Br)c1. The third-order valence-electron chi connectivity index (χ3n) is 2.88. The molecule has 88 valence electrons. The highest BCUT2D eigenvalue weighted by molar-refractivity contribution is 9.12. The molecule has 0 saturated carbocycles. The van der Waals surface area contributed by atoms with Crippen molar-refractivity contribution in [1.82, 2.24) is 0 Å². The maximum absolute atomic E-state index is 12.4. The molecule has 2 atom stereocenters. The van der Waals surface area contributed by atoms with Crippen LogP contribution in [0.15, 0.2) is 51.4 Å². The van der Waals surface area contributed by atoms with Crippen molar-refractivity contribution < 1.29 is 4.79 Å². The smallest absolute Gasteiger partial charge is 0.170 e. The third-order valence-corrected chi connectivity index (χ3v) is 3.90. The maximum Gasteiger partial charge on any atom is 0.170 e. The number of allylic oxidation sites excluding steroid dienone is 4. The second kappa shape index (κ2) is 5.32. The Morgan fingerprint density at radius 1 is 1.29 bits per heavy atom. The van der Waals surface area contributed by atoms with Crippen LogP contribution < -0.4 is 0 Å². The molecular weight excluding hydrogens is 344 g/mol. The van der Waals surface area contributed by atoms with E-state index < -0.39 is 0 Å². The summed E-state index contributed by atoms with van der Waals surface area (Å²) in [5, 5.41) is 0. The predicted octanol–water partition coefficient (Wildman–Crippen LogP) is 4.73. The van der Waals surface area contributed by atoms with E-state index in [-0.39, 0.29) is 17.6 Å². The van der Waals surface area contributed by atoms with Crippen LogP contribution in [0.2, 0.25) is 0 Å². The van der Waals surface area contributed by atoms with Crippen molar-refractivity contribution in [2.75, 3.05) is 0 Å². The fraction of sp³-hybridized carbons (Fsp3) is 0.214. The molecule has 17 heavy (non-hydrogen) atoms. The van der Waals surface area contributed by atoms with Gasteiger partial charge in [0.2, 0.25) is 0 Å². The summed E-state index contributed by atoms with van der Waals surface area (Å²) in [7, 11) is 0. The number of carbonyl (C=O) groups excluding carboxylic acids is 1. The van der Waals surface area contributed by atoms with Gasteiger partial charge in [-0.15, -0.1) is 0 Å². The zero-order valence-electron chi connectivity index (χ0n) is 9.36. The van der Waals surface area contributed by atoms with Gasteiger partial charge >= 0.3 is 0 Å². The fourth-order valence-corrected chi connectivity index (χ4v) is 2.73. The number of Topliss-reactive ketones (excluding diaryl/α,β-unsaturated/α-hetero) is 1. The average molecular weight is 356 g/mol. The van der Waals surface area contributed by atoms with Crippen LogP contribution in [0, 0.1) is 11.8 Å². The Balaban J connectivity index is 2.29. The van der Waals surface area contributed by atoms with Crippen LogP contribution in [-0.4, -0.2) is 5.78 Å². The number of halogens is 2. The van der Waals surface area contributed by atoms with Crippen molar-refractivity contribution >= 4 is 37.6 Å². The number of carbonyl (C=O) groups is 1. The van der Waals surface area contributed by atoms with Crippen LogP contribution in [0.5, 0.6) is 0 Å². The Morgan fingerprint density at radius 3 is 2.76 bits per heavy atom. The first kappa shape index (κ1) is 12.8. The largest absolute Gasteiger partial charge is 0.293 e. The molecule has 1 nitrogen and oxygen atoms in total. The summed E-state index contributed by atoms with van der Waals surface area (Å²) < 4.78 is 1.91. The molecule has 3 heteroatoms. The molecule has 2 unspecified atom stereocenters. The molecule has 0 aliphatic heterocycles. The van der Waals surface area contributed by atoms with Gasteiger partial charge in [-0.25, -0.2) is 0 Å². The second-order valence-electron chi connectivity index (χ2n) is 4.17. The monoisotopic (exact) mass is 354 g/mol. The Hall–Kier alpha value is -0.670. The molecule has 0 bridgehead atoms. The molecular formula is C14H12Br2O. The van der Waals surface area contributed by atoms with Gasteiger partial charge in [0.15, 0.2) is 5.78 Å². The molecule has 0 amide bonds. The lowest BCUT2D eigenvalue weighted by Gasteiger charge is -2.20. The minimum Gasteiger partial charge on any atom is -0.293 e. The van der Waals surface area contributed by atoms with Crippen LogP contribution in [-0.2, 0) is 0 Å². The molecule has 0 fully saturated rings. The topological polar surface area (TPSA) is 17.1 Å². The van der Waals surface area contributed by atoms with Crippen molar-refractivity contribution in [3.05, 3.63) is 57.0 Å². The van der Waals surface area contributed by atoms with Gasteiger partial charge in [0.1, 0.15) is 0 Å². The first-order chi connectivity index (χ1) is 8.08. The standard InChI is InChI=1S/C14H12Br2O/c1-9-5-6-12(16)8-13(9)14(17)10-3-2-4-11(15)7-10/h2-9,13H,1H3. The van der Waals surface area contributed by atoms with Crippen molar-refractivity contribution in [2.45, 2.75) is 6.92 Å². The van der Waals surface area contributed by atoms with Gasteiger partial charge in [-0.3, -0.25) is 4.79 Å². The van der Waals surface area contributed by atoms with E-state index in [2.05, 4.69) is 44.9 Å². The molecule has 0 spiro atoms. The van der Waals surface area contributed by atoms with E-state index in [1.165, 1.54) is 0 Å². The highest BCUT2D eigenvalue weighted by Gasteiger charge is 2.24. The number of benzene rings is 1. The third kappa shape index (κ3) is 2.96. The minimum atomic E-state index is -0.0799. The maximum atomic E-state index is 12.4. The van der Waals surface area contributed by atoms with E-state index in [4.69, 9.17) is 0 Å². The highest BCUT2D eigenvalue weighted by atomic mass is 79.9. The zero-order chi connectivity index (χ0) is 12.4. The number of ketones is 1. The summed E-state index contributed by atoms with van der Waals surface area (Å²) in [5.41, 5.74) is 0.753. The molecule has 1 aromatic carbocycles. The number of rotatable bonds is 2. The second-order valence-corrected chi connectivity index (χ2v) is 6.00. The van der Waals surface area contributed by atoms with Crippen LogP contribution in [0.3, 0.4) is 0 Å². The summed E-state index contributed by atoms with van der Waals surface area (Å²) in [6.07, 6.45) is 6.04. The Morgan fingerprint density at radius 2 is 2.06 bits per heavy atom. The summed E-state index contributed by atoms with van der Waals surface area (Å²) >= 11 is 6.81. The minimum absolute atomic E-state index is 0.0799. The molecule has 0 radical (unpaired) electrons. The van der Waals surface area contributed by atoms with Crippen LogP contribution in [0.4, 0.5) is 0 Å². The van der Waals surface area contributed by atoms with Crippen molar-refractivity contribution in [3.63, 3.8) is 0 Å². The Bertz CT molecular complexity index is 503. The first-order valence-corrected chi connectivity index (χ1v) is 7.02. The van der Waals surface area contributed by atoms with Gasteiger partial charge < -0.3 is 0 Å². The first-order valence-electron chi connectivity index (χ1n) is 5.43. The van der Waals surface area contributed by atoms with Crippen LogP contribution in [0.25, 0.3) is 0 Å².